The first kappa shape index (κ1) is 16.5. The summed E-state index contributed by atoms with van der Waals surface area (Å²) in [7, 11) is 0. The molecular formula is C15H19Cl2FN2O. The van der Waals surface area contributed by atoms with Crippen LogP contribution in [-0.2, 0) is 11.3 Å². The largest absolute Gasteiger partial charge is 0.374 e. The first-order valence-corrected chi connectivity index (χ1v) is 7.70. The van der Waals surface area contributed by atoms with Crippen molar-refractivity contribution in [3.63, 3.8) is 0 Å². The minimum atomic E-state index is -0.465. The van der Waals surface area contributed by atoms with Crippen LogP contribution in [0.15, 0.2) is 12.1 Å². The number of benzene rings is 1. The molecule has 0 aliphatic heterocycles. The highest BCUT2D eigenvalue weighted by Crippen LogP contribution is 2.30. The van der Waals surface area contributed by atoms with Gasteiger partial charge in [-0.05, 0) is 33.8 Å². The Kier molecular flexibility index (Phi) is 4.81. The van der Waals surface area contributed by atoms with E-state index in [1.165, 1.54) is 12.1 Å². The summed E-state index contributed by atoms with van der Waals surface area (Å²) in [6, 6.07) is 2.93. The number of alkyl halides is 1. The van der Waals surface area contributed by atoms with E-state index in [1.54, 1.807) is 0 Å². The van der Waals surface area contributed by atoms with Crippen LogP contribution >= 0.6 is 23.2 Å². The number of nitrogens with zero attached hydrogens (tertiary/aromatic N) is 2. The molecule has 1 heterocycles. The van der Waals surface area contributed by atoms with E-state index in [4.69, 9.17) is 27.9 Å². The molecular weight excluding hydrogens is 314 g/mol. The Bertz CT molecular complexity index is 653. The lowest BCUT2D eigenvalue weighted by Gasteiger charge is -2.26. The van der Waals surface area contributed by atoms with Crippen molar-refractivity contribution < 1.29 is 9.13 Å². The molecule has 2 aromatic rings. The lowest BCUT2D eigenvalue weighted by molar-refractivity contribution is -0.0221. The van der Waals surface area contributed by atoms with Gasteiger partial charge in [0.1, 0.15) is 11.6 Å². The summed E-state index contributed by atoms with van der Waals surface area (Å²) in [5, 5.41) is -0.235. The minimum Gasteiger partial charge on any atom is -0.374 e. The van der Waals surface area contributed by atoms with Crippen LogP contribution < -0.4 is 0 Å². The summed E-state index contributed by atoms with van der Waals surface area (Å²) in [6.45, 7) is 8.88. The average Bonchev–Trinajstić information content (AvgIpc) is 2.68. The third-order valence-corrected chi connectivity index (χ3v) is 3.73. The van der Waals surface area contributed by atoms with Gasteiger partial charge in [0.05, 0.1) is 33.6 Å². The van der Waals surface area contributed by atoms with Crippen molar-refractivity contribution >= 4 is 34.2 Å². The molecule has 3 nitrogen and oxygen atoms in total. The maximum atomic E-state index is 13.8. The lowest BCUT2D eigenvalue weighted by atomic mass is 10.1. The second kappa shape index (κ2) is 6.11. The molecule has 0 N–H and O–H groups in total. The molecule has 1 aromatic heterocycles. The van der Waals surface area contributed by atoms with Crippen molar-refractivity contribution in [2.24, 2.45) is 0 Å². The van der Waals surface area contributed by atoms with Gasteiger partial charge in [-0.2, -0.15) is 0 Å². The topological polar surface area (TPSA) is 27.1 Å². The average molecular weight is 333 g/mol. The van der Waals surface area contributed by atoms with Crippen molar-refractivity contribution in [2.45, 2.75) is 45.2 Å². The Morgan fingerprint density at radius 3 is 2.67 bits per heavy atom. The zero-order valence-corrected chi connectivity index (χ0v) is 14.1. The first-order chi connectivity index (χ1) is 9.75. The molecule has 0 bridgehead atoms. The van der Waals surface area contributed by atoms with E-state index >= 15 is 0 Å². The SMILES string of the molecule is CCOC(C)(C)Cn1c(C(C)Cl)nc2cc(Cl)c(F)cc21. The second-order valence-corrected chi connectivity index (χ2v) is 6.68. The van der Waals surface area contributed by atoms with Crippen molar-refractivity contribution in [3.05, 3.63) is 28.8 Å². The molecule has 0 saturated carbocycles. The maximum Gasteiger partial charge on any atom is 0.144 e. The summed E-state index contributed by atoms with van der Waals surface area (Å²) in [5.41, 5.74) is 0.905. The Morgan fingerprint density at radius 1 is 1.43 bits per heavy atom. The van der Waals surface area contributed by atoms with Crippen LogP contribution in [0.1, 0.15) is 38.9 Å². The standard InChI is InChI=1S/C15H19Cl2FN2O/c1-5-21-15(3,4)8-20-13-7-11(18)10(17)6-12(13)19-14(20)9(2)16/h6-7,9H,5,8H2,1-4H3. The number of rotatable bonds is 5. The molecule has 1 unspecified atom stereocenters. The molecule has 0 aliphatic rings. The zero-order valence-electron chi connectivity index (χ0n) is 12.6. The monoisotopic (exact) mass is 332 g/mol. The molecule has 0 amide bonds. The molecule has 21 heavy (non-hydrogen) atoms. The molecule has 2 rings (SSSR count). The van der Waals surface area contributed by atoms with Crippen LogP contribution in [0.2, 0.25) is 5.02 Å². The van der Waals surface area contributed by atoms with Gasteiger partial charge in [-0.15, -0.1) is 11.6 Å². The summed E-state index contributed by atoms with van der Waals surface area (Å²) in [4.78, 5) is 4.48. The summed E-state index contributed by atoms with van der Waals surface area (Å²) in [5.74, 6) is 0.217. The molecule has 6 heteroatoms. The van der Waals surface area contributed by atoms with Crippen LogP contribution in [0.25, 0.3) is 11.0 Å². The zero-order chi connectivity index (χ0) is 15.8. The van der Waals surface area contributed by atoms with E-state index in [1.807, 2.05) is 32.3 Å². The lowest BCUT2D eigenvalue weighted by Crippen LogP contribution is -2.31. The summed E-state index contributed by atoms with van der Waals surface area (Å²) >= 11 is 12.0. The van der Waals surface area contributed by atoms with Crippen molar-refractivity contribution in [2.75, 3.05) is 6.61 Å². The molecule has 0 spiro atoms. The van der Waals surface area contributed by atoms with Gasteiger partial charge in [-0.1, -0.05) is 11.6 Å². The van der Waals surface area contributed by atoms with Crippen molar-refractivity contribution in [3.8, 4) is 0 Å². The number of hydrogen-bond acceptors (Lipinski definition) is 2. The smallest absolute Gasteiger partial charge is 0.144 e. The van der Waals surface area contributed by atoms with Crippen LogP contribution in [-0.4, -0.2) is 21.8 Å². The van der Waals surface area contributed by atoms with E-state index < -0.39 is 11.4 Å². The van der Waals surface area contributed by atoms with Gasteiger partial charge in [0.25, 0.3) is 0 Å². The van der Waals surface area contributed by atoms with Gasteiger partial charge in [-0.25, -0.2) is 9.37 Å². The van der Waals surface area contributed by atoms with Gasteiger partial charge in [0.2, 0.25) is 0 Å². The number of imidazole rings is 1. The quantitative estimate of drug-likeness (QED) is 0.725. The fourth-order valence-electron chi connectivity index (χ4n) is 2.43. The highest BCUT2D eigenvalue weighted by molar-refractivity contribution is 6.31. The van der Waals surface area contributed by atoms with E-state index in [-0.39, 0.29) is 10.4 Å². The number of aromatic nitrogens is 2. The van der Waals surface area contributed by atoms with Gasteiger partial charge in [0, 0.05) is 12.7 Å². The van der Waals surface area contributed by atoms with Crippen molar-refractivity contribution in [1.29, 1.82) is 0 Å². The van der Waals surface area contributed by atoms with Gasteiger partial charge in [-0.3, -0.25) is 0 Å². The molecule has 116 valence electrons. The fourth-order valence-corrected chi connectivity index (χ4v) is 2.75. The highest BCUT2D eigenvalue weighted by atomic mass is 35.5. The predicted octanol–water partition coefficient (Wildman–Crippen LogP) is 4.94. The minimum absolute atomic E-state index is 0.0602. The third kappa shape index (κ3) is 3.50. The predicted molar refractivity (Wildman–Crippen MR) is 84.7 cm³/mol. The van der Waals surface area contributed by atoms with Crippen molar-refractivity contribution in [1.82, 2.24) is 9.55 Å². The van der Waals surface area contributed by atoms with E-state index in [0.717, 1.165) is 0 Å². The van der Waals surface area contributed by atoms with Crippen LogP contribution in [0.3, 0.4) is 0 Å². The fraction of sp³-hybridized carbons (Fsp3) is 0.533. The summed E-state index contributed by atoms with van der Waals surface area (Å²) in [6.07, 6.45) is 0. The van der Waals surface area contributed by atoms with Gasteiger partial charge < -0.3 is 9.30 Å². The number of ether oxygens (including phenoxy) is 1. The molecule has 0 aliphatic carbocycles. The van der Waals surface area contributed by atoms with Crippen LogP contribution in [0.4, 0.5) is 4.39 Å². The molecule has 0 saturated heterocycles. The van der Waals surface area contributed by atoms with E-state index in [2.05, 4.69) is 4.98 Å². The van der Waals surface area contributed by atoms with E-state index in [0.29, 0.717) is 30.0 Å². The summed E-state index contributed by atoms with van der Waals surface area (Å²) < 4.78 is 21.4. The molecule has 1 aromatic carbocycles. The molecule has 0 radical (unpaired) electrons. The number of halogens is 3. The van der Waals surface area contributed by atoms with Gasteiger partial charge >= 0.3 is 0 Å². The van der Waals surface area contributed by atoms with Crippen LogP contribution in [0, 0.1) is 5.82 Å². The third-order valence-electron chi connectivity index (χ3n) is 3.25. The normalized spacial score (nSPS) is 13.9. The van der Waals surface area contributed by atoms with Crippen LogP contribution in [0.5, 0.6) is 0 Å². The highest BCUT2D eigenvalue weighted by Gasteiger charge is 2.24. The Balaban J connectivity index is 2.58. The number of hydrogen-bond donors (Lipinski definition) is 0. The Hall–Kier alpha value is -0.840. The van der Waals surface area contributed by atoms with Gasteiger partial charge in [0.15, 0.2) is 0 Å². The second-order valence-electron chi connectivity index (χ2n) is 5.62. The molecule has 0 fully saturated rings. The Morgan fingerprint density at radius 2 is 2.10 bits per heavy atom. The Labute approximate surface area is 134 Å². The number of fused-ring (bicyclic) bond motifs is 1. The first-order valence-electron chi connectivity index (χ1n) is 6.88. The van der Waals surface area contributed by atoms with E-state index in [9.17, 15) is 4.39 Å². The maximum absolute atomic E-state index is 13.8. The molecule has 1 atom stereocenters.